The van der Waals surface area contributed by atoms with Gasteiger partial charge in [-0.1, -0.05) is 173 Å². The van der Waals surface area contributed by atoms with E-state index in [0.29, 0.717) is 0 Å². The van der Waals surface area contributed by atoms with E-state index < -0.39 is 0 Å². The van der Waals surface area contributed by atoms with Crippen molar-refractivity contribution in [3.05, 3.63) is 222 Å². The molecule has 1 aromatic heterocycles. The summed E-state index contributed by atoms with van der Waals surface area (Å²) in [7, 11) is 0. The second kappa shape index (κ2) is 13.5. The van der Waals surface area contributed by atoms with E-state index >= 15 is 0 Å². The van der Waals surface area contributed by atoms with Gasteiger partial charge in [0.1, 0.15) is 11.2 Å². The quantitative estimate of drug-likeness (QED) is 0.167. The van der Waals surface area contributed by atoms with Crippen LogP contribution in [-0.2, 0) is 10.8 Å². The molecule has 0 saturated heterocycles. The van der Waals surface area contributed by atoms with E-state index in [4.69, 9.17) is 4.42 Å². The molecule has 12 rings (SSSR count). The number of benzene rings is 9. The van der Waals surface area contributed by atoms with E-state index in [0.717, 1.165) is 50.1 Å². The van der Waals surface area contributed by atoms with Crippen LogP contribution in [0.3, 0.4) is 0 Å². The number of anilines is 3. The van der Waals surface area contributed by atoms with E-state index in [1.165, 1.54) is 66.8 Å². The molecule has 0 saturated carbocycles. The van der Waals surface area contributed by atoms with Crippen molar-refractivity contribution < 1.29 is 4.42 Å². The molecular weight excluding hydrogens is 751 g/mol. The maximum atomic E-state index is 6.30. The van der Waals surface area contributed by atoms with Crippen molar-refractivity contribution in [1.82, 2.24) is 0 Å². The summed E-state index contributed by atoms with van der Waals surface area (Å²) in [4.78, 5) is 2.46. The first-order chi connectivity index (χ1) is 30.3. The maximum Gasteiger partial charge on any atom is 0.136 e. The molecular formula is C60H45NO. The van der Waals surface area contributed by atoms with Gasteiger partial charge >= 0.3 is 0 Å². The zero-order chi connectivity index (χ0) is 41.7. The molecule has 9 aromatic carbocycles. The van der Waals surface area contributed by atoms with Crippen LogP contribution in [0.15, 0.2) is 205 Å². The van der Waals surface area contributed by atoms with E-state index in [1.807, 2.05) is 12.1 Å². The highest BCUT2D eigenvalue weighted by Gasteiger charge is 2.37. The maximum absolute atomic E-state index is 6.30. The lowest BCUT2D eigenvalue weighted by atomic mass is 9.82. The first-order valence-electron chi connectivity index (χ1n) is 21.8. The van der Waals surface area contributed by atoms with Crippen molar-refractivity contribution in [2.45, 2.75) is 38.5 Å². The molecule has 0 N–H and O–H groups in total. The van der Waals surface area contributed by atoms with Crippen molar-refractivity contribution in [3.63, 3.8) is 0 Å². The zero-order valence-corrected chi connectivity index (χ0v) is 35.4. The summed E-state index contributed by atoms with van der Waals surface area (Å²) < 4.78 is 6.30. The smallest absolute Gasteiger partial charge is 0.136 e. The Morgan fingerprint density at radius 3 is 1.63 bits per heavy atom. The van der Waals surface area contributed by atoms with Gasteiger partial charge < -0.3 is 9.32 Å². The van der Waals surface area contributed by atoms with E-state index in [2.05, 4.69) is 221 Å². The van der Waals surface area contributed by atoms with Crippen molar-refractivity contribution in [3.8, 4) is 55.6 Å². The van der Waals surface area contributed by atoms with Crippen molar-refractivity contribution in [1.29, 1.82) is 0 Å². The molecule has 0 unspecified atom stereocenters. The monoisotopic (exact) mass is 795 g/mol. The van der Waals surface area contributed by atoms with E-state index in [9.17, 15) is 0 Å². The van der Waals surface area contributed by atoms with Crippen LogP contribution in [0.5, 0.6) is 0 Å². The van der Waals surface area contributed by atoms with Crippen molar-refractivity contribution in [2.75, 3.05) is 4.90 Å². The summed E-state index contributed by atoms with van der Waals surface area (Å²) in [6.45, 7) is 9.42. The number of para-hydroxylation sites is 2. The Morgan fingerprint density at radius 2 is 0.855 bits per heavy atom. The number of furan rings is 1. The molecule has 0 atom stereocenters. The second-order valence-corrected chi connectivity index (χ2v) is 18.1. The summed E-state index contributed by atoms with van der Waals surface area (Å²) in [6.07, 6.45) is 0. The van der Waals surface area contributed by atoms with Crippen LogP contribution >= 0.6 is 0 Å². The largest absolute Gasteiger partial charge is 0.456 e. The minimum atomic E-state index is -0.139. The molecule has 0 bridgehead atoms. The predicted octanol–water partition coefficient (Wildman–Crippen LogP) is 16.7. The van der Waals surface area contributed by atoms with Gasteiger partial charge in [-0.05, 0) is 127 Å². The van der Waals surface area contributed by atoms with Crippen LogP contribution in [0.2, 0.25) is 0 Å². The molecule has 296 valence electrons. The fourth-order valence-corrected chi connectivity index (χ4v) is 10.7. The third-order valence-electron chi connectivity index (χ3n) is 13.9. The summed E-state index contributed by atoms with van der Waals surface area (Å²) in [5.74, 6) is 0. The number of hydrogen-bond donors (Lipinski definition) is 0. The van der Waals surface area contributed by atoms with Gasteiger partial charge in [0.15, 0.2) is 0 Å². The van der Waals surface area contributed by atoms with Gasteiger partial charge in [-0.2, -0.15) is 0 Å². The number of rotatable bonds is 6. The number of hydrogen-bond acceptors (Lipinski definition) is 2. The Hall–Kier alpha value is -7.42. The Bertz CT molecular complexity index is 3420. The molecule has 2 heteroatoms. The highest BCUT2D eigenvalue weighted by molar-refractivity contribution is 6.06. The van der Waals surface area contributed by atoms with E-state index in [1.54, 1.807) is 0 Å². The van der Waals surface area contributed by atoms with Crippen LogP contribution in [0.25, 0.3) is 77.6 Å². The third-order valence-corrected chi connectivity index (χ3v) is 13.9. The van der Waals surface area contributed by atoms with Crippen LogP contribution in [-0.4, -0.2) is 0 Å². The summed E-state index contributed by atoms with van der Waals surface area (Å²) in [5.41, 5.74) is 22.8. The molecule has 2 aliphatic rings. The first kappa shape index (κ1) is 36.4. The van der Waals surface area contributed by atoms with Gasteiger partial charge in [0.05, 0.1) is 5.69 Å². The molecule has 0 radical (unpaired) electrons. The lowest BCUT2D eigenvalue weighted by Crippen LogP contribution is -2.17. The minimum absolute atomic E-state index is 0.0431. The Labute approximate surface area is 363 Å². The van der Waals surface area contributed by atoms with Crippen LogP contribution < -0.4 is 4.90 Å². The summed E-state index contributed by atoms with van der Waals surface area (Å²) >= 11 is 0. The lowest BCUT2D eigenvalue weighted by Gasteiger charge is -2.30. The van der Waals surface area contributed by atoms with Gasteiger partial charge in [0.2, 0.25) is 0 Å². The average Bonchev–Trinajstić information content (AvgIpc) is 3.88. The zero-order valence-electron chi connectivity index (χ0n) is 35.4. The van der Waals surface area contributed by atoms with Gasteiger partial charge in [-0.3, -0.25) is 0 Å². The summed E-state index contributed by atoms with van der Waals surface area (Å²) in [5, 5.41) is 2.28. The normalized spacial score (nSPS) is 14.1. The lowest BCUT2D eigenvalue weighted by molar-refractivity contribution is 0.660. The molecule has 0 amide bonds. The average molecular weight is 796 g/mol. The molecule has 1 heterocycles. The Balaban J connectivity index is 1.01. The molecule has 0 fully saturated rings. The first-order valence-corrected chi connectivity index (χ1v) is 21.8. The van der Waals surface area contributed by atoms with Crippen LogP contribution in [0.4, 0.5) is 17.1 Å². The van der Waals surface area contributed by atoms with Gasteiger partial charge in [0.25, 0.3) is 0 Å². The minimum Gasteiger partial charge on any atom is -0.456 e. The van der Waals surface area contributed by atoms with Gasteiger partial charge in [-0.25, -0.2) is 0 Å². The fourth-order valence-electron chi connectivity index (χ4n) is 10.7. The Morgan fingerprint density at radius 1 is 0.323 bits per heavy atom. The number of fused-ring (bicyclic) bond motifs is 9. The SMILES string of the molecule is CC1(C)c2ccccc2-c2cc(-c3ccccc3-c3ccccc3N(c3ccc(-c4ccc5c(c4)oc4ccccc45)cc3)c3ccc4c(c3)C(C)(C)c3ccccc3-4)ccc21. The topological polar surface area (TPSA) is 16.4 Å². The molecule has 0 aliphatic heterocycles. The fraction of sp³-hybridized carbons (Fsp3) is 0.100. The standard InChI is InChI=1S/C60H45NO/c1-59(2)53-22-12-8-18-46(53)51-35-40(28-34-54(51)59)43-15-5-6-16-44(43)48-19-9-13-23-56(48)61(42-31-33-47-45-17-7-11-21-52(45)60(3,4)55(47)37-42)41-29-25-38(26-30-41)39-27-32-50-49-20-10-14-24-57(49)62-58(50)36-39/h5-37H,1-4H3. The van der Waals surface area contributed by atoms with Crippen molar-refractivity contribution in [2.24, 2.45) is 0 Å². The second-order valence-electron chi connectivity index (χ2n) is 18.1. The molecule has 2 nitrogen and oxygen atoms in total. The van der Waals surface area contributed by atoms with Crippen LogP contribution in [0, 0.1) is 0 Å². The Kier molecular flexibility index (Phi) is 7.96. The molecule has 0 spiro atoms. The van der Waals surface area contributed by atoms with E-state index in [-0.39, 0.29) is 10.8 Å². The predicted molar refractivity (Wildman–Crippen MR) is 260 cm³/mol. The molecule has 62 heavy (non-hydrogen) atoms. The molecule has 2 aliphatic carbocycles. The van der Waals surface area contributed by atoms with Crippen LogP contribution in [0.1, 0.15) is 49.9 Å². The third kappa shape index (κ3) is 5.43. The van der Waals surface area contributed by atoms with Crippen molar-refractivity contribution >= 4 is 39.0 Å². The highest BCUT2D eigenvalue weighted by atomic mass is 16.3. The van der Waals surface area contributed by atoms with Gasteiger partial charge in [-0.15, -0.1) is 0 Å². The number of nitrogens with zero attached hydrogens (tertiary/aromatic N) is 1. The highest BCUT2D eigenvalue weighted by Crippen LogP contribution is 2.53. The van der Waals surface area contributed by atoms with Gasteiger partial charge in [0, 0.05) is 38.5 Å². The summed E-state index contributed by atoms with van der Waals surface area (Å²) in [6, 6.07) is 73.7. The molecule has 10 aromatic rings.